The van der Waals surface area contributed by atoms with E-state index >= 15 is 0 Å². The number of rotatable bonds is 7. The third-order valence-corrected chi connectivity index (χ3v) is 4.82. The number of nitrogens with one attached hydrogen (secondary N) is 1. The highest BCUT2D eigenvalue weighted by Gasteiger charge is 2.24. The molecule has 3 rings (SSSR count). The molecule has 1 heterocycles. The number of fused-ring (bicyclic) bond motifs is 1. The van der Waals surface area contributed by atoms with Gasteiger partial charge in [-0.15, -0.1) is 0 Å². The largest absolute Gasteiger partial charge is 0.496 e. The summed E-state index contributed by atoms with van der Waals surface area (Å²) in [5.74, 6) is 2.40. The number of guanidine groups is 1. The van der Waals surface area contributed by atoms with Crippen molar-refractivity contribution in [3.8, 4) is 11.5 Å². The molecule has 0 radical (unpaired) electrons. The monoisotopic (exact) mass is 396 g/mol. The van der Waals surface area contributed by atoms with E-state index in [1.165, 1.54) is 0 Å². The molecule has 154 valence electrons. The third-order valence-electron chi connectivity index (χ3n) is 4.82. The average molecular weight is 396 g/mol. The van der Waals surface area contributed by atoms with Crippen LogP contribution in [0.4, 0.5) is 5.69 Å². The Balaban J connectivity index is 1.52. The van der Waals surface area contributed by atoms with Crippen molar-refractivity contribution in [2.24, 2.45) is 4.99 Å². The van der Waals surface area contributed by atoms with Gasteiger partial charge in [0.1, 0.15) is 11.5 Å². The van der Waals surface area contributed by atoms with Gasteiger partial charge in [-0.2, -0.15) is 0 Å². The fraction of sp³-hybridized carbons (Fsp3) is 0.364. The first kappa shape index (κ1) is 20.5. The molecule has 1 aliphatic rings. The van der Waals surface area contributed by atoms with Gasteiger partial charge in [-0.1, -0.05) is 30.3 Å². The molecule has 0 saturated heterocycles. The number of carbonyl (C=O) groups excluding carboxylic acids is 1. The number of para-hydroxylation sites is 3. The Morgan fingerprint density at radius 3 is 2.79 bits per heavy atom. The van der Waals surface area contributed by atoms with Crippen LogP contribution in [0, 0.1) is 0 Å². The summed E-state index contributed by atoms with van der Waals surface area (Å²) in [6, 6.07) is 15.6. The summed E-state index contributed by atoms with van der Waals surface area (Å²) >= 11 is 0. The highest BCUT2D eigenvalue weighted by molar-refractivity contribution is 5.97. The molecule has 0 fully saturated rings. The summed E-state index contributed by atoms with van der Waals surface area (Å²) in [4.78, 5) is 20.5. The Bertz CT molecular complexity index is 869. The van der Waals surface area contributed by atoms with Crippen LogP contribution in [0.1, 0.15) is 12.0 Å². The minimum Gasteiger partial charge on any atom is -0.496 e. The lowest BCUT2D eigenvalue weighted by atomic mass is 10.2. The van der Waals surface area contributed by atoms with Crippen LogP contribution in [0.25, 0.3) is 0 Å². The number of ether oxygens (including phenoxy) is 2. The standard InChI is InChI=1S/C22H28N4O3/c1-23-22(25(2)15-17-9-4-6-11-19(17)28-3)24-13-8-14-26-18-10-5-7-12-20(18)29-16-21(26)27/h4-7,9-12H,8,13-16H2,1-3H3,(H,23,24). The predicted molar refractivity (Wildman–Crippen MR) is 115 cm³/mol. The first-order chi connectivity index (χ1) is 14.1. The number of anilines is 1. The predicted octanol–water partition coefficient (Wildman–Crippen LogP) is 2.52. The smallest absolute Gasteiger partial charge is 0.265 e. The molecule has 1 N–H and O–H groups in total. The van der Waals surface area contributed by atoms with E-state index in [0.29, 0.717) is 19.6 Å². The van der Waals surface area contributed by atoms with Crippen LogP contribution in [0.5, 0.6) is 11.5 Å². The molecule has 2 aromatic carbocycles. The van der Waals surface area contributed by atoms with Gasteiger partial charge >= 0.3 is 0 Å². The van der Waals surface area contributed by atoms with Gasteiger partial charge < -0.3 is 24.6 Å². The van der Waals surface area contributed by atoms with E-state index in [9.17, 15) is 4.79 Å². The van der Waals surface area contributed by atoms with Crippen molar-refractivity contribution in [2.45, 2.75) is 13.0 Å². The number of nitrogens with zero attached hydrogens (tertiary/aromatic N) is 3. The van der Waals surface area contributed by atoms with Crippen molar-refractivity contribution in [2.75, 3.05) is 45.8 Å². The second kappa shape index (κ2) is 9.82. The molecule has 0 spiro atoms. The quantitative estimate of drug-likeness (QED) is 0.443. The SMILES string of the molecule is CN=C(NCCCN1C(=O)COc2ccccc21)N(C)Cc1ccccc1OC. The summed E-state index contributed by atoms with van der Waals surface area (Å²) < 4.78 is 10.9. The van der Waals surface area contributed by atoms with E-state index < -0.39 is 0 Å². The Morgan fingerprint density at radius 2 is 2.00 bits per heavy atom. The van der Waals surface area contributed by atoms with Gasteiger partial charge in [-0.05, 0) is 24.6 Å². The Hall–Kier alpha value is -3.22. The molecule has 0 aliphatic carbocycles. The number of carbonyl (C=O) groups is 1. The molecule has 7 heteroatoms. The number of benzene rings is 2. The van der Waals surface area contributed by atoms with Crippen molar-refractivity contribution in [1.82, 2.24) is 10.2 Å². The van der Waals surface area contributed by atoms with Crippen molar-refractivity contribution < 1.29 is 14.3 Å². The summed E-state index contributed by atoms with van der Waals surface area (Å²) in [6.07, 6.45) is 0.793. The second-order valence-corrected chi connectivity index (χ2v) is 6.80. The highest BCUT2D eigenvalue weighted by atomic mass is 16.5. The van der Waals surface area contributed by atoms with Crippen LogP contribution in [-0.4, -0.2) is 57.7 Å². The molecule has 0 bridgehead atoms. The number of amides is 1. The molecule has 7 nitrogen and oxygen atoms in total. The average Bonchev–Trinajstić information content (AvgIpc) is 2.75. The summed E-state index contributed by atoms with van der Waals surface area (Å²) in [7, 11) is 5.43. The number of methoxy groups -OCH3 is 1. The minimum absolute atomic E-state index is 0.0126. The van der Waals surface area contributed by atoms with Crippen LogP contribution in [0.15, 0.2) is 53.5 Å². The van der Waals surface area contributed by atoms with Crippen LogP contribution >= 0.6 is 0 Å². The van der Waals surface area contributed by atoms with Crippen LogP contribution < -0.4 is 19.7 Å². The topological polar surface area (TPSA) is 66.4 Å². The summed E-state index contributed by atoms with van der Waals surface area (Å²) in [6.45, 7) is 2.10. The maximum absolute atomic E-state index is 12.2. The Labute approximate surface area is 171 Å². The van der Waals surface area contributed by atoms with E-state index in [4.69, 9.17) is 9.47 Å². The lowest BCUT2D eigenvalue weighted by Crippen LogP contribution is -2.42. The molecular weight excluding hydrogens is 368 g/mol. The van der Waals surface area contributed by atoms with Crippen LogP contribution in [-0.2, 0) is 11.3 Å². The summed E-state index contributed by atoms with van der Waals surface area (Å²) in [5, 5.41) is 3.37. The molecule has 0 atom stereocenters. The van der Waals surface area contributed by atoms with E-state index in [2.05, 4.69) is 10.3 Å². The van der Waals surface area contributed by atoms with Crippen LogP contribution in [0.2, 0.25) is 0 Å². The zero-order valence-corrected chi connectivity index (χ0v) is 17.2. The fourth-order valence-electron chi connectivity index (χ4n) is 3.39. The highest BCUT2D eigenvalue weighted by Crippen LogP contribution is 2.31. The molecule has 29 heavy (non-hydrogen) atoms. The van der Waals surface area contributed by atoms with Gasteiger partial charge in [-0.25, -0.2) is 0 Å². The van der Waals surface area contributed by atoms with E-state index in [0.717, 1.165) is 35.1 Å². The molecule has 1 amide bonds. The van der Waals surface area contributed by atoms with Crippen molar-refractivity contribution in [3.63, 3.8) is 0 Å². The summed E-state index contributed by atoms with van der Waals surface area (Å²) in [5.41, 5.74) is 1.93. The van der Waals surface area contributed by atoms with Crippen molar-refractivity contribution >= 4 is 17.6 Å². The van der Waals surface area contributed by atoms with Gasteiger partial charge in [0.05, 0.1) is 12.8 Å². The van der Waals surface area contributed by atoms with E-state index in [1.807, 2.05) is 60.5 Å². The van der Waals surface area contributed by atoms with Crippen LogP contribution in [0.3, 0.4) is 0 Å². The van der Waals surface area contributed by atoms with Crippen molar-refractivity contribution in [1.29, 1.82) is 0 Å². The Kier molecular flexibility index (Phi) is 6.94. The Morgan fingerprint density at radius 1 is 1.24 bits per heavy atom. The molecule has 0 saturated carbocycles. The van der Waals surface area contributed by atoms with Gasteiger partial charge in [0, 0.05) is 39.3 Å². The lowest BCUT2D eigenvalue weighted by Gasteiger charge is -2.29. The zero-order valence-electron chi connectivity index (χ0n) is 17.2. The second-order valence-electron chi connectivity index (χ2n) is 6.80. The first-order valence-corrected chi connectivity index (χ1v) is 9.70. The number of hydrogen-bond donors (Lipinski definition) is 1. The normalized spacial score (nSPS) is 13.6. The lowest BCUT2D eigenvalue weighted by molar-refractivity contribution is -0.121. The fourth-order valence-corrected chi connectivity index (χ4v) is 3.39. The maximum Gasteiger partial charge on any atom is 0.265 e. The van der Waals surface area contributed by atoms with E-state index in [1.54, 1.807) is 19.1 Å². The molecule has 0 aromatic heterocycles. The van der Waals surface area contributed by atoms with Gasteiger partial charge in [0.25, 0.3) is 5.91 Å². The zero-order chi connectivity index (χ0) is 20.6. The van der Waals surface area contributed by atoms with Crippen molar-refractivity contribution in [3.05, 3.63) is 54.1 Å². The van der Waals surface area contributed by atoms with Gasteiger partial charge in [0.2, 0.25) is 0 Å². The third kappa shape index (κ3) is 4.99. The number of aliphatic imine (C=N–C) groups is 1. The molecule has 2 aromatic rings. The molecular formula is C22H28N4O3. The maximum atomic E-state index is 12.2. The minimum atomic E-state index is -0.0126. The number of hydrogen-bond acceptors (Lipinski definition) is 4. The van der Waals surface area contributed by atoms with Gasteiger partial charge in [0.15, 0.2) is 12.6 Å². The first-order valence-electron chi connectivity index (χ1n) is 9.70. The van der Waals surface area contributed by atoms with E-state index in [-0.39, 0.29) is 12.5 Å². The molecule has 1 aliphatic heterocycles. The molecule has 0 unspecified atom stereocenters. The van der Waals surface area contributed by atoms with Gasteiger partial charge in [-0.3, -0.25) is 9.79 Å².